The number of urea groups is 1. The number of hydrogen-bond donors (Lipinski definition) is 4. The lowest BCUT2D eigenvalue weighted by molar-refractivity contribution is -0.278. The molecule has 7 unspecified atom stereocenters. The van der Waals surface area contributed by atoms with E-state index in [4.69, 9.17) is 9.47 Å². The Balaban J connectivity index is 1.09. The first-order valence-corrected chi connectivity index (χ1v) is 20.9. The highest BCUT2D eigenvalue weighted by atomic mass is 16.7. The maximum absolute atomic E-state index is 13.9. The van der Waals surface area contributed by atoms with E-state index in [1.165, 1.54) is 19.3 Å². The first-order chi connectivity index (χ1) is 27.5. The minimum atomic E-state index is -0.610. The zero-order valence-electron chi connectivity index (χ0n) is 34.0. The van der Waals surface area contributed by atoms with Gasteiger partial charge in [-0.05, 0) is 91.8 Å². The monoisotopic (exact) mass is 772 g/mol. The third-order valence-corrected chi connectivity index (χ3v) is 12.0. The smallest absolute Gasteiger partial charge is 0.315 e. The number of ether oxygens (including phenoxy) is 2. The lowest BCUT2D eigenvalue weighted by Gasteiger charge is -2.51. The van der Waals surface area contributed by atoms with Crippen molar-refractivity contribution in [1.29, 1.82) is 0 Å². The summed E-state index contributed by atoms with van der Waals surface area (Å²) in [6, 6.07) is 34.4. The summed E-state index contributed by atoms with van der Waals surface area (Å²) in [4.78, 5) is 28.9. The summed E-state index contributed by atoms with van der Waals surface area (Å²) >= 11 is 0. The van der Waals surface area contributed by atoms with Gasteiger partial charge < -0.3 is 30.5 Å². The number of nitrogens with zero attached hydrogens (tertiary/aromatic N) is 1. The first-order valence-electron chi connectivity index (χ1n) is 20.9. The Labute approximate surface area is 338 Å². The maximum atomic E-state index is 13.9. The summed E-state index contributed by atoms with van der Waals surface area (Å²) in [5, 5.41) is 19.0. The van der Waals surface area contributed by atoms with Crippen molar-refractivity contribution in [3.8, 4) is 11.1 Å². The van der Waals surface area contributed by atoms with Crippen LogP contribution in [0.4, 0.5) is 4.79 Å². The Morgan fingerprint density at radius 2 is 1.42 bits per heavy atom. The van der Waals surface area contributed by atoms with Crippen LogP contribution in [0.1, 0.15) is 106 Å². The van der Waals surface area contributed by atoms with Gasteiger partial charge in [-0.2, -0.15) is 0 Å². The number of benzene rings is 4. The Kier molecular flexibility index (Phi) is 13.1. The molecular weight excluding hydrogens is 713 g/mol. The molecule has 9 heteroatoms. The third kappa shape index (κ3) is 10.3. The van der Waals surface area contributed by atoms with Crippen LogP contribution in [0.3, 0.4) is 0 Å². The molecule has 1 aliphatic carbocycles. The normalized spacial score (nSPS) is 25.2. The van der Waals surface area contributed by atoms with Gasteiger partial charge in [0, 0.05) is 42.7 Å². The number of aliphatic hydroxyl groups excluding tert-OH is 1. The van der Waals surface area contributed by atoms with Crippen molar-refractivity contribution in [2.75, 3.05) is 6.54 Å². The number of fused-ring (bicyclic) bond motifs is 1. The minimum absolute atomic E-state index is 0.00700. The van der Waals surface area contributed by atoms with Crippen LogP contribution in [0.5, 0.6) is 0 Å². The summed E-state index contributed by atoms with van der Waals surface area (Å²) in [5.41, 5.74) is 6.68. The van der Waals surface area contributed by atoms with Gasteiger partial charge in [-0.25, -0.2) is 4.79 Å². The molecule has 4 aromatic rings. The number of rotatable bonds is 11. The Hall–Kier alpha value is -4.54. The molecule has 2 heterocycles. The van der Waals surface area contributed by atoms with E-state index in [2.05, 4.69) is 97.1 Å². The minimum Gasteiger partial charge on any atom is -0.392 e. The fourth-order valence-electron chi connectivity index (χ4n) is 8.98. The second-order valence-corrected chi connectivity index (χ2v) is 17.3. The topological polar surface area (TPSA) is 112 Å². The molecule has 3 amide bonds. The molecule has 57 heavy (non-hydrogen) atoms. The lowest BCUT2D eigenvalue weighted by Crippen LogP contribution is -2.61. The van der Waals surface area contributed by atoms with Crippen LogP contribution < -0.4 is 16.0 Å². The first kappa shape index (κ1) is 40.6. The van der Waals surface area contributed by atoms with Crippen molar-refractivity contribution in [3.05, 3.63) is 131 Å². The molecule has 2 aliphatic heterocycles. The van der Waals surface area contributed by atoms with E-state index in [9.17, 15) is 14.7 Å². The molecule has 4 aromatic carbocycles. The van der Waals surface area contributed by atoms with Crippen LogP contribution in [-0.2, 0) is 34.0 Å². The lowest BCUT2D eigenvalue weighted by atomic mass is 9.75. The van der Waals surface area contributed by atoms with Crippen LogP contribution >= 0.6 is 0 Å². The molecule has 9 nitrogen and oxygen atoms in total. The summed E-state index contributed by atoms with van der Waals surface area (Å²) in [6.45, 7) is 9.88. The van der Waals surface area contributed by atoms with E-state index in [0.29, 0.717) is 31.6 Å². The summed E-state index contributed by atoms with van der Waals surface area (Å²) < 4.78 is 13.8. The molecule has 7 rings (SSSR count). The zero-order chi connectivity index (χ0) is 39.9. The molecule has 4 N–H and O–H groups in total. The number of hydrogen-bond acceptors (Lipinski definition) is 6. The number of nitrogens with one attached hydrogen (secondary N) is 3. The van der Waals surface area contributed by atoms with Gasteiger partial charge in [-0.1, -0.05) is 117 Å². The average Bonchev–Trinajstić information content (AvgIpc) is 3.23. The van der Waals surface area contributed by atoms with Crippen molar-refractivity contribution in [3.63, 3.8) is 0 Å². The van der Waals surface area contributed by atoms with E-state index in [-0.39, 0.29) is 48.3 Å². The Bertz CT molecular complexity index is 1930. The molecule has 302 valence electrons. The fraction of sp³-hybridized carbons (Fsp3) is 0.458. The Morgan fingerprint density at radius 1 is 0.737 bits per heavy atom. The quantitative estimate of drug-likeness (QED) is 0.122. The van der Waals surface area contributed by atoms with Crippen LogP contribution in [0, 0.1) is 11.8 Å². The van der Waals surface area contributed by atoms with Crippen molar-refractivity contribution in [2.45, 2.75) is 122 Å². The number of amides is 3. The van der Waals surface area contributed by atoms with Gasteiger partial charge in [0.1, 0.15) is 0 Å². The molecule has 0 aromatic heterocycles. The van der Waals surface area contributed by atoms with Crippen LogP contribution in [-0.4, -0.2) is 52.2 Å². The summed E-state index contributed by atoms with van der Waals surface area (Å²) in [5.74, 6) is 0.720. The van der Waals surface area contributed by atoms with Crippen molar-refractivity contribution in [1.82, 2.24) is 20.9 Å². The number of likely N-dealkylation sites (tertiary alicyclic amines) is 1. The molecule has 0 bridgehead atoms. The van der Waals surface area contributed by atoms with Crippen molar-refractivity contribution in [2.24, 2.45) is 11.8 Å². The number of piperidine rings is 1. The number of aliphatic hydroxyl groups is 1. The van der Waals surface area contributed by atoms with Gasteiger partial charge in [0.05, 0.1) is 24.9 Å². The summed E-state index contributed by atoms with van der Waals surface area (Å²) in [6.07, 6.45) is 5.68. The third-order valence-electron chi connectivity index (χ3n) is 12.0. The molecule has 7 atom stereocenters. The van der Waals surface area contributed by atoms with E-state index in [0.717, 1.165) is 58.2 Å². The molecule has 3 aliphatic rings. The second-order valence-electron chi connectivity index (χ2n) is 17.3. The average molecular weight is 773 g/mol. The molecule has 0 radical (unpaired) electrons. The van der Waals surface area contributed by atoms with E-state index < -0.39 is 6.29 Å². The standard InChI is InChI=1S/C48H60N4O5/c1-32-43(30-52-41-16-9-8-14-37(41)25-26-42(52)45(54)51-48(2,3)4)56-46(57-44(32)38-19-17-34(31-53)18-20-38)39-23-21-36(22-24-39)40-15-10-13-35(27-40)29-50-47(55)49-28-33-11-6-5-7-12-33/h5-7,10-13,15,17-24,27,32,37,41-44,46,53H,8-9,14,16,25-26,28-31H2,1-4H3,(H,51,54)(H2,49,50,55). The zero-order valence-corrected chi connectivity index (χ0v) is 34.0. The van der Waals surface area contributed by atoms with Gasteiger partial charge in [0.25, 0.3) is 0 Å². The van der Waals surface area contributed by atoms with Gasteiger partial charge in [0.2, 0.25) is 5.91 Å². The predicted molar refractivity (Wildman–Crippen MR) is 224 cm³/mol. The largest absolute Gasteiger partial charge is 0.392 e. The molecule has 3 fully saturated rings. The van der Waals surface area contributed by atoms with Gasteiger partial charge >= 0.3 is 6.03 Å². The van der Waals surface area contributed by atoms with Gasteiger partial charge in [-0.3, -0.25) is 9.69 Å². The van der Waals surface area contributed by atoms with Crippen LogP contribution in [0.25, 0.3) is 11.1 Å². The highest BCUT2D eigenvalue weighted by Crippen LogP contribution is 2.44. The van der Waals surface area contributed by atoms with Crippen LogP contribution in [0.15, 0.2) is 103 Å². The molecule has 1 saturated carbocycles. The number of carbonyl (C=O) groups is 2. The van der Waals surface area contributed by atoms with E-state index in [1.54, 1.807) is 0 Å². The fourth-order valence-corrected chi connectivity index (χ4v) is 8.98. The Morgan fingerprint density at radius 3 is 2.14 bits per heavy atom. The molecule has 2 saturated heterocycles. The van der Waals surface area contributed by atoms with Crippen molar-refractivity contribution < 1.29 is 24.2 Å². The van der Waals surface area contributed by atoms with Gasteiger partial charge in [0.15, 0.2) is 6.29 Å². The maximum Gasteiger partial charge on any atom is 0.315 e. The molecular formula is C48H60N4O5. The highest BCUT2D eigenvalue weighted by molar-refractivity contribution is 5.82. The SMILES string of the molecule is CC1C(CN2C(C(=O)NC(C)(C)C)CCC3CCCCC32)OC(c2ccc(-c3cccc(CNC(=O)NCc4ccccc4)c3)cc2)OC1c1ccc(CO)cc1. The van der Waals surface area contributed by atoms with Gasteiger partial charge in [-0.15, -0.1) is 0 Å². The second kappa shape index (κ2) is 18.4. The predicted octanol–water partition coefficient (Wildman–Crippen LogP) is 8.57. The number of carbonyl (C=O) groups excluding carboxylic acids is 2. The molecule has 0 spiro atoms. The van der Waals surface area contributed by atoms with Crippen molar-refractivity contribution >= 4 is 11.9 Å². The van der Waals surface area contributed by atoms with E-state index >= 15 is 0 Å². The summed E-state index contributed by atoms with van der Waals surface area (Å²) in [7, 11) is 0. The van der Waals surface area contributed by atoms with E-state index in [1.807, 2.05) is 54.6 Å². The van der Waals surface area contributed by atoms with Crippen LogP contribution in [0.2, 0.25) is 0 Å². The highest BCUT2D eigenvalue weighted by Gasteiger charge is 2.46.